The molecule has 18 heavy (non-hydrogen) atoms. The van der Waals surface area contributed by atoms with E-state index in [0.29, 0.717) is 35.5 Å². The van der Waals surface area contributed by atoms with Crippen molar-refractivity contribution in [3.8, 4) is 11.5 Å². The summed E-state index contributed by atoms with van der Waals surface area (Å²) in [5, 5.41) is 4.49. The van der Waals surface area contributed by atoms with Gasteiger partial charge in [-0.05, 0) is 12.1 Å². The summed E-state index contributed by atoms with van der Waals surface area (Å²) in [6.45, 7) is 1.02. The molecule has 0 aliphatic heterocycles. The maximum atomic E-state index is 5.80. The Bertz CT molecular complexity index is 508. The van der Waals surface area contributed by atoms with Crippen molar-refractivity contribution < 1.29 is 9.47 Å². The lowest BCUT2D eigenvalue weighted by molar-refractivity contribution is 0.274. The Morgan fingerprint density at radius 3 is 2.67 bits per heavy atom. The zero-order valence-electron chi connectivity index (χ0n) is 9.97. The molecule has 6 heteroatoms. The molecule has 0 saturated heterocycles. The highest BCUT2D eigenvalue weighted by atomic mass is 35.5. The molecule has 0 radical (unpaired) electrons. The zero-order chi connectivity index (χ0) is 13.0. The third kappa shape index (κ3) is 2.87. The summed E-state index contributed by atoms with van der Waals surface area (Å²) in [6.07, 6.45) is 1.67. The molecule has 2 aromatic rings. The fourth-order valence-corrected chi connectivity index (χ4v) is 1.66. The largest absolute Gasteiger partial charge is 0.493 e. The van der Waals surface area contributed by atoms with Crippen LogP contribution in [0.15, 0.2) is 30.5 Å². The Balaban J connectivity index is 1.92. The van der Waals surface area contributed by atoms with Gasteiger partial charge >= 0.3 is 0 Å². The molecular formula is C12H14ClN3O2. The number of nitrogen functional groups attached to an aromatic ring is 1. The fourth-order valence-electron chi connectivity index (χ4n) is 1.51. The molecule has 5 nitrogen and oxygen atoms in total. The lowest BCUT2D eigenvalue weighted by atomic mass is 10.3. The van der Waals surface area contributed by atoms with E-state index in [1.165, 1.54) is 0 Å². The molecule has 1 heterocycles. The van der Waals surface area contributed by atoms with Crippen LogP contribution in [0.3, 0.4) is 0 Å². The molecule has 1 aromatic carbocycles. The molecule has 0 aliphatic rings. The predicted octanol–water partition coefficient (Wildman–Crippen LogP) is 2.21. The molecule has 0 fully saturated rings. The SMILES string of the molecule is COc1ccccc1OCCn1cc(Cl)c(N)n1. The number of methoxy groups -OCH3 is 1. The molecule has 2 rings (SSSR count). The topological polar surface area (TPSA) is 62.3 Å². The van der Waals surface area contributed by atoms with Crippen molar-refractivity contribution >= 4 is 17.4 Å². The van der Waals surface area contributed by atoms with E-state index in [1.807, 2.05) is 24.3 Å². The van der Waals surface area contributed by atoms with Crippen molar-refractivity contribution in [2.75, 3.05) is 19.5 Å². The highest BCUT2D eigenvalue weighted by molar-refractivity contribution is 6.32. The Morgan fingerprint density at radius 2 is 2.06 bits per heavy atom. The Labute approximate surface area is 110 Å². The molecule has 2 N–H and O–H groups in total. The van der Waals surface area contributed by atoms with Gasteiger partial charge in [-0.3, -0.25) is 4.68 Å². The minimum absolute atomic E-state index is 0.328. The second-order valence-electron chi connectivity index (χ2n) is 3.62. The van der Waals surface area contributed by atoms with Crippen molar-refractivity contribution in [1.82, 2.24) is 9.78 Å². The van der Waals surface area contributed by atoms with Crippen LogP contribution in [0.4, 0.5) is 5.82 Å². The van der Waals surface area contributed by atoms with Crippen molar-refractivity contribution in [2.24, 2.45) is 0 Å². The van der Waals surface area contributed by atoms with Gasteiger partial charge in [0, 0.05) is 6.20 Å². The van der Waals surface area contributed by atoms with E-state index in [1.54, 1.807) is 18.0 Å². The monoisotopic (exact) mass is 267 g/mol. The average Bonchev–Trinajstić information content (AvgIpc) is 2.69. The maximum Gasteiger partial charge on any atom is 0.164 e. The number of aromatic nitrogens is 2. The summed E-state index contributed by atoms with van der Waals surface area (Å²) in [7, 11) is 1.61. The smallest absolute Gasteiger partial charge is 0.164 e. The summed E-state index contributed by atoms with van der Waals surface area (Å²) in [4.78, 5) is 0. The zero-order valence-corrected chi connectivity index (χ0v) is 10.7. The summed E-state index contributed by atoms with van der Waals surface area (Å²) in [6, 6.07) is 7.47. The summed E-state index contributed by atoms with van der Waals surface area (Å²) >= 11 is 5.80. The average molecular weight is 268 g/mol. The first-order valence-corrected chi connectivity index (χ1v) is 5.82. The van der Waals surface area contributed by atoms with E-state index in [4.69, 9.17) is 26.8 Å². The highest BCUT2D eigenvalue weighted by Crippen LogP contribution is 2.25. The van der Waals surface area contributed by atoms with Crippen LogP contribution in [-0.4, -0.2) is 23.5 Å². The van der Waals surface area contributed by atoms with Crippen LogP contribution in [0.25, 0.3) is 0 Å². The van der Waals surface area contributed by atoms with E-state index in [-0.39, 0.29) is 0 Å². The predicted molar refractivity (Wildman–Crippen MR) is 70.1 cm³/mol. The summed E-state index contributed by atoms with van der Waals surface area (Å²) in [5.41, 5.74) is 5.54. The highest BCUT2D eigenvalue weighted by Gasteiger charge is 2.04. The first kappa shape index (κ1) is 12.6. The molecule has 1 aromatic heterocycles. The number of para-hydroxylation sites is 2. The van der Waals surface area contributed by atoms with Crippen molar-refractivity contribution in [2.45, 2.75) is 6.54 Å². The number of nitrogens with two attached hydrogens (primary N) is 1. The van der Waals surface area contributed by atoms with E-state index in [2.05, 4.69) is 5.10 Å². The standard InChI is InChI=1S/C12H14ClN3O2/c1-17-10-4-2-3-5-11(10)18-7-6-16-8-9(13)12(14)15-16/h2-5,8H,6-7H2,1H3,(H2,14,15). The molecular weight excluding hydrogens is 254 g/mol. The van der Waals surface area contributed by atoms with E-state index < -0.39 is 0 Å². The van der Waals surface area contributed by atoms with Gasteiger partial charge in [-0.2, -0.15) is 5.10 Å². The normalized spacial score (nSPS) is 10.3. The number of rotatable bonds is 5. The van der Waals surface area contributed by atoms with Crippen LogP contribution in [0.5, 0.6) is 11.5 Å². The van der Waals surface area contributed by atoms with Crippen LogP contribution in [0.2, 0.25) is 5.02 Å². The number of halogens is 1. The number of nitrogens with zero attached hydrogens (tertiary/aromatic N) is 2. The van der Waals surface area contributed by atoms with Crippen molar-refractivity contribution in [3.05, 3.63) is 35.5 Å². The van der Waals surface area contributed by atoms with Gasteiger partial charge in [0.2, 0.25) is 0 Å². The number of hydrogen-bond donors (Lipinski definition) is 1. The van der Waals surface area contributed by atoms with Gasteiger partial charge in [0.25, 0.3) is 0 Å². The second-order valence-corrected chi connectivity index (χ2v) is 4.03. The first-order chi connectivity index (χ1) is 8.70. The number of anilines is 1. The maximum absolute atomic E-state index is 5.80. The third-order valence-electron chi connectivity index (χ3n) is 2.39. The van der Waals surface area contributed by atoms with Crippen LogP contribution < -0.4 is 15.2 Å². The van der Waals surface area contributed by atoms with Gasteiger partial charge in [-0.15, -0.1) is 0 Å². The number of benzene rings is 1. The van der Waals surface area contributed by atoms with Crippen molar-refractivity contribution in [3.63, 3.8) is 0 Å². The van der Waals surface area contributed by atoms with Gasteiger partial charge in [-0.25, -0.2) is 0 Å². The van der Waals surface area contributed by atoms with Gasteiger partial charge in [0.15, 0.2) is 17.3 Å². The van der Waals surface area contributed by atoms with Gasteiger partial charge in [0.1, 0.15) is 11.6 Å². The molecule has 96 valence electrons. The number of ether oxygens (including phenoxy) is 2. The number of hydrogen-bond acceptors (Lipinski definition) is 4. The van der Waals surface area contributed by atoms with E-state index >= 15 is 0 Å². The quantitative estimate of drug-likeness (QED) is 0.902. The Hall–Kier alpha value is -1.88. The molecule has 0 unspecified atom stereocenters. The van der Waals surface area contributed by atoms with Crippen LogP contribution >= 0.6 is 11.6 Å². The molecule has 0 bridgehead atoms. The van der Waals surface area contributed by atoms with Crippen molar-refractivity contribution in [1.29, 1.82) is 0 Å². The molecule has 0 aliphatic carbocycles. The molecule has 0 saturated carbocycles. The first-order valence-electron chi connectivity index (χ1n) is 5.45. The van der Waals surface area contributed by atoms with Crippen LogP contribution in [-0.2, 0) is 6.54 Å². The molecule has 0 amide bonds. The van der Waals surface area contributed by atoms with Gasteiger partial charge < -0.3 is 15.2 Å². The van der Waals surface area contributed by atoms with E-state index in [0.717, 1.165) is 0 Å². The van der Waals surface area contributed by atoms with Crippen LogP contribution in [0, 0.1) is 0 Å². The fraction of sp³-hybridized carbons (Fsp3) is 0.250. The van der Waals surface area contributed by atoms with Crippen LogP contribution in [0.1, 0.15) is 0 Å². The van der Waals surface area contributed by atoms with E-state index in [9.17, 15) is 0 Å². The molecule has 0 atom stereocenters. The minimum Gasteiger partial charge on any atom is -0.493 e. The third-order valence-corrected chi connectivity index (χ3v) is 2.68. The Kier molecular flexibility index (Phi) is 3.94. The Morgan fingerprint density at radius 1 is 1.33 bits per heavy atom. The second kappa shape index (κ2) is 5.64. The van der Waals surface area contributed by atoms with Gasteiger partial charge in [0.05, 0.1) is 13.7 Å². The lowest BCUT2D eigenvalue weighted by Gasteiger charge is -2.09. The summed E-state index contributed by atoms with van der Waals surface area (Å²) < 4.78 is 12.4. The minimum atomic E-state index is 0.328. The lowest BCUT2D eigenvalue weighted by Crippen LogP contribution is -2.09. The molecule has 0 spiro atoms. The summed E-state index contributed by atoms with van der Waals surface area (Å²) in [5.74, 6) is 1.73. The van der Waals surface area contributed by atoms with Gasteiger partial charge in [-0.1, -0.05) is 23.7 Å².